The molecule has 106 valence electrons. The van der Waals surface area contributed by atoms with E-state index >= 15 is 0 Å². The first-order valence-corrected chi connectivity index (χ1v) is 6.14. The number of anilines is 1. The fraction of sp³-hybridized carbons (Fsp3) is 0.500. The maximum Gasteiger partial charge on any atom is 0.293 e. The average molecular weight is 288 g/mol. The average Bonchev–Trinajstić information content (AvgIpc) is 2.25. The second-order valence-electron chi connectivity index (χ2n) is 4.98. The third-order valence-corrected chi connectivity index (χ3v) is 2.81. The summed E-state index contributed by atoms with van der Waals surface area (Å²) in [6.45, 7) is 2.25. The lowest BCUT2D eigenvalue weighted by molar-refractivity contribution is -0.384. The van der Waals surface area contributed by atoms with Crippen LogP contribution in [-0.4, -0.2) is 47.7 Å². The zero-order valence-corrected chi connectivity index (χ0v) is 11.9. The van der Waals surface area contributed by atoms with Gasteiger partial charge in [-0.2, -0.15) is 0 Å². The van der Waals surface area contributed by atoms with Crippen molar-refractivity contribution in [2.45, 2.75) is 12.5 Å². The predicted octanol–water partition coefficient (Wildman–Crippen LogP) is 1.97. The molecule has 0 amide bonds. The van der Waals surface area contributed by atoms with E-state index in [4.69, 9.17) is 11.6 Å². The van der Waals surface area contributed by atoms with Crippen molar-refractivity contribution in [2.24, 2.45) is 0 Å². The van der Waals surface area contributed by atoms with Crippen molar-refractivity contribution in [3.8, 4) is 0 Å². The first kappa shape index (κ1) is 15.7. The number of hydrogen-bond donors (Lipinski definition) is 2. The molecule has 1 aromatic carbocycles. The molecule has 0 saturated heterocycles. The highest BCUT2D eigenvalue weighted by Gasteiger charge is 2.24. The second kappa shape index (κ2) is 6.18. The molecule has 0 aliphatic carbocycles. The highest BCUT2D eigenvalue weighted by atomic mass is 35.5. The molecular weight excluding hydrogens is 270 g/mol. The number of para-hydroxylation sites is 1. The molecular formula is C12H18ClN3O3. The van der Waals surface area contributed by atoms with Gasteiger partial charge in [-0.15, -0.1) is 0 Å². The third-order valence-electron chi connectivity index (χ3n) is 2.49. The summed E-state index contributed by atoms with van der Waals surface area (Å²) in [4.78, 5) is 12.2. The van der Waals surface area contributed by atoms with Gasteiger partial charge in [0.2, 0.25) is 0 Å². The summed E-state index contributed by atoms with van der Waals surface area (Å²) in [5.74, 6) is 0. The molecule has 0 aromatic heterocycles. The Bertz CT molecular complexity index is 464. The van der Waals surface area contributed by atoms with Crippen molar-refractivity contribution in [3.63, 3.8) is 0 Å². The summed E-state index contributed by atoms with van der Waals surface area (Å²) in [6.07, 6.45) is 0. The molecule has 0 spiro atoms. The Kier molecular flexibility index (Phi) is 5.11. The predicted molar refractivity (Wildman–Crippen MR) is 75.8 cm³/mol. The van der Waals surface area contributed by atoms with E-state index in [0.29, 0.717) is 6.54 Å². The number of benzene rings is 1. The van der Waals surface area contributed by atoms with Gasteiger partial charge < -0.3 is 15.3 Å². The number of likely N-dealkylation sites (N-methyl/N-ethyl adjacent to an activating group) is 1. The van der Waals surface area contributed by atoms with Gasteiger partial charge in [0.05, 0.1) is 15.5 Å². The zero-order valence-electron chi connectivity index (χ0n) is 11.2. The minimum Gasteiger partial charge on any atom is -0.387 e. The SMILES string of the molecule is CN(C)CC(C)(O)CNc1c(Cl)cccc1[N+](=O)[O-]. The first-order valence-electron chi connectivity index (χ1n) is 5.77. The number of aliphatic hydroxyl groups is 1. The molecule has 7 heteroatoms. The lowest BCUT2D eigenvalue weighted by atomic mass is 10.1. The molecule has 0 heterocycles. The Labute approximate surface area is 117 Å². The maximum atomic E-state index is 10.9. The summed E-state index contributed by atoms with van der Waals surface area (Å²) in [7, 11) is 3.68. The van der Waals surface area contributed by atoms with Crippen LogP contribution in [0.15, 0.2) is 18.2 Å². The minimum absolute atomic E-state index is 0.104. The van der Waals surface area contributed by atoms with E-state index in [1.807, 2.05) is 19.0 Å². The fourth-order valence-corrected chi connectivity index (χ4v) is 2.09. The van der Waals surface area contributed by atoms with Crippen molar-refractivity contribution < 1.29 is 10.0 Å². The molecule has 0 saturated carbocycles. The summed E-state index contributed by atoms with van der Waals surface area (Å²) < 4.78 is 0. The van der Waals surface area contributed by atoms with E-state index in [-0.39, 0.29) is 22.9 Å². The minimum atomic E-state index is -1.02. The van der Waals surface area contributed by atoms with Crippen LogP contribution in [0.1, 0.15) is 6.92 Å². The monoisotopic (exact) mass is 287 g/mol. The van der Waals surface area contributed by atoms with Gasteiger partial charge in [-0.1, -0.05) is 17.7 Å². The van der Waals surface area contributed by atoms with E-state index in [0.717, 1.165) is 0 Å². The number of nitro groups is 1. The third kappa shape index (κ3) is 4.66. The van der Waals surface area contributed by atoms with Crippen LogP contribution in [0.2, 0.25) is 5.02 Å². The van der Waals surface area contributed by atoms with Crippen LogP contribution in [0.3, 0.4) is 0 Å². The van der Waals surface area contributed by atoms with Crippen LogP contribution in [0.4, 0.5) is 11.4 Å². The molecule has 0 radical (unpaired) electrons. The van der Waals surface area contributed by atoms with Crippen molar-refractivity contribution in [1.82, 2.24) is 4.90 Å². The molecule has 6 nitrogen and oxygen atoms in total. The van der Waals surface area contributed by atoms with Crippen LogP contribution in [0, 0.1) is 10.1 Å². The Morgan fingerprint density at radius 2 is 2.16 bits per heavy atom. The summed E-state index contributed by atoms with van der Waals surface area (Å²) >= 11 is 5.95. The lowest BCUT2D eigenvalue weighted by Gasteiger charge is -2.27. The lowest BCUT2D eigenvalue weighted by Crippen LogP contribution is -2.43. The van der Waals surface area contributed by atoms with Crippen LogP contribution >= 0.6 is 11.6 Å². The molecule has 19 heavy (non-hydrogen) atoms. The first-order chi connectivity index (χ1) is 8.73. The highest BCUT2D eigenvalue weighted by molar-refractivity contribution is 6.33. The number of halogens is 1. The molecule has 0 aliphatic heterocycles. The van der Waals surface area contributed by atoms with Gasteiger partial charge in [-0.25, -0.2) is 0 Å². The van der Waals surface area contributed by atoms with Gasteiger partial charge in [0.1, 0.15) is 5.69 Å². The quantitative estimate of drug-likeness (QED) is 0.618. The number of rotatable bonds is 6. The maximum absolute atomic E-state index is 10.9. The highest BCUT2D eigenvalue weighted by Crippen LogP contribution is 2.32. The largest absolute Gasteiger partial charge is 0.387 e. The van der Waals surface area contributed by atoms with Gasteiger partial charge in [-0.05, 0) is 27.1 Å². The van der Waals surface area contributed by atoms with E-state index in [1.165, 1.54) is 12.1 Å². The molecule has 1 unspecified atom stereocenters. The van der Waals surface area contributed by atoms with Crippen molar-refractivity contribution in [2.75, 3.05) is 32.5 Å². The number of nitrogens with zero attached hydrogens (tertiary/aromatic N) is 2. The Balaban J connectivity index is 2.86. The van der Waals surface area contributed by atoms with Gasteiger partial charge in [0, 0.05) is 19.2 Å². The molecule has 0 aliphatic rings. The normalized spacial score (nSPS) is 14.2. The molecule has 2 N–H and O–H groups in total. The van der Waals surface area contributed by atoms with Crippen LogP contribution in [0.25, 0.3) is 0 Å². The number of nitro benzene ring substituents is 1. The van der Waals surface area contributed by atoms with Gasteiger partial charge in [0.15, 0.2) is 0 Å². The smallest absolute Gasteiger partial charge is 0.293 e. The summed E-state index contributed by atoms with van der Waals surface area (Å²) in [5.41, 5.74) is -0.891. The zero-order chi connectivity index (χ0) is 14.6. The van der Waals surface area contributed by atoms with Gasteiger partial charge >= 0.3 is 0 Å². The van der Waals surface area contributed by atoms with Crippen molar-refractivity contribution >= 4 is 23.0 Å². The van der Waals surface area contributed by atoms with E-state index in [2.05, 4.69) is 5.32 Å². The van der Waals surface area contributed by atoms with Gasteiger partial charge in [-0.3, -0.25) is 10.1 Å². The van der Waals surface area contributed by atoms with Crippen molar-refractivity contribution in [1.29, 1.82) is 0 Å². The number of hydrogen-bond acceptors (Lipinski definition) is 5. The summed E-state index contributed by atoms with van der Waals surface area (Å²) in [5, 5.41) is 24.2. The standard InChI is InChI=1S/C12H18ClN3O3/c1-12(17,8-15(2)3)7-14-11-9(13)5-4-6-10(11)16(18)19/h4-6,14,17H,7-8H2,1-3H3. The summed E-state index contributed by atoms with van der Waals surface area (Å²) in [6, 6.07) is 4.45. The number of nitrogens with one attached hydrogen (secondary N) is 1. The van der Waals surface area contributed by atoms with Crippen LogP contribution in [0.5, 0.6) is 0 Å². The molecule has 1 aromatic rings. The van der Waals surface area contributed by atoms with Crippen molar-refractivity contribution in [3.05, 3.63) is 33.3 Å². The van der Waals surface area contributed by atoms with E-state index in [9.17, 15) is 15.2 Å². The molecule has 0 fully saturated rings. The fourth-order valence-electron chi connectivity index (χ4n) is 1.86. The molecule has 1 atom stereocenters. The topological polar surface area (TPSA) is 78.6 Å². The van der Waals surface area contributed by atoms with Gasteiger partial charge in [0.25, 0.3) is 5.69 Å². The molecule has 1 rings (SSSR count). The Morgan fingerprint density at radius 3 is 2.68 bits per heavy atom. The van der Waals surface area contributed by atoms with Crippen LogP contribution < -0.4 is 5.32 Å². The van der Waals surface area contributed by atoms with Crippen LogP contribution in [-0.2, 0) is 0 Å². The Morgan fingerprint density at radius 1 is 1.53 bits per heavy atom. The van der Waals surface area contributed by atoms with E-state index in [1.54, 1.807) is 13.0 Å². The molecule has 0 bridgehead atoms. The van der Waals surface area contributed by atoms with E-state index < -0.39 is 10.5 Å². The second-order valence-corrected chi connectivity index (χ2v) is 5.39. The Hall–Kier alpha value is -1.37.